The molecular weight excluding hydrogens is 374 g/mol. The number of methoxy groups -OCH3 is 1. The molecule has 0 radical (unpaired) electrons. The van der Waals surface area contributed by atoms with Crippen molar-refractivity contribution in [2.75, 3.05) is 31.8 Å². The van der Waals surface area contributed by atoms with Crippen molar-refractivity contribution in [3.8, 4) is 11.5 Å². The van der Waals surface area contributed by atoms with Crippen molar-refractivity contribution in [1.82, 2.24) is 4.90 Å². The molecule has 1 amide bonds. The number of rotatable bonds is 8. The number of hydrogen-bond donors (Lipinski definition) is 0. The third kappa shape index (κ3) is 5.35. The van der Waals surface area contributed by atoms with Crippen LogP contribution in [0.2, 0.25) is 0 Å². The maximum Gasteiger partial charge on any atom is 0.344 e. The summed E-state index contributed by atoms with van der Waals surface area (Å²) in [4.78, 5) is 25.9. The molecule has 3 rings (SSSR count). The van der Waals surface area contributed by atoms with Gasteiger partial charge in [0.25, 0.3) is 5.91 Å². The topological polar surface area (TPSA) is 99.2 Å². The van der Waals surface area contributed by atoms with Crippen molar-refractivity contribution >= 4 is 21.7 Å². The molecule has 0 N–H and O–H groups in total. The minimum atomic E-state index is -3.09. The van der Waals surface area contributed by atoms with E-state index in [2.05, 4.69) is 0 Å². The summed E-state index contributed by atoms with van der Waals surface area (Å²) >= 11 is 0. The lowest BCUT2D eigenvalue weighted by molar-refractivity contribution is -0.154. The summed E-state index contributed by atoms with van der Waals surface area (Å²) in [6.45, 7) is -0.724. The summed E-state index contributed by atoms with van der Waals surface area (Å²) in [5.74, 6) is 0.235. The summed E-state index contributed by atoms with van der Waals surface area (Å²) < 4.78 is 38.7. The Labute approximate surface area is 158 Å². The Kier molecular flexibility index (Phi) is 5.88. The highest BCUT2D eigenvalue weighted by Crippen LogP contribution is 2.32. The molecule has 148 valence electrons. The number of sulfone groups is 1. The number of esters is 1. The van der Waals surface area contributed by atoms with E-state index in [1.165, 1.54) is 0 Å². The molecule has 1 aliphatic heterocycles. The second-order valence-corrected chi connectivity index (χ2v) is 8.94. The molecule has 0 unspecified atom stereocenters. The summed E-state index contributed by atoms with van der Waals surface area (Å²) in [6, 6.07) is 6.47. The molecule has 1 saturated carbocycles. The predicted octanol–water partition coefficient (Wildman–Crippen LogP) is 0.795. The molecule has 1 atom stereocenters. The zero-order valence-corrected chi connectivity index (χ0v) is 15.9. The summed E-state index contributed by atoms with van der Waals surface area (Å²) in [6.07, 6.45) is 2.16. The fourth-order valence-corrected chi connectivity index (χ4v) is 4.84. The molecule has 1 saturated heterocycles. The van der Waals surface area contributed by atoms with Gasteiger partial charge in [-0.3, -0.25) is 4.79 Å². The lowest BCUT2D eigenvalue weighted by Crippen LogP contribution is -2.45. The van der Waals surface area contributed by atoms with Crippen LogP contribution in [0.15, 0.2) is 24.3 Å². The van der Waals surface area contributed by atoms with Crippen molar-refractivity contribution in [1.29, 1.82) is 0 Å². The van der Waals surface area contributed by atoms with Gasteiger partial charge in [-0.05, 0) is 43.5 Å². The molecule has 0 spiro atoms. The standard InChI is InChI=1S/C18H23NO7S/c1-24-15-4-6-16(7-5-15)25-11-18(21)26-10-17(20)19(13-2-3-13)14-8-9-27(22,23)12-14/h4-7,13-14H,2-3,8-12H2,1H3/t14-/m1/s1. The van der Waals surface area contributed by atoms with E-state index in [0.717, 1.165) is 12.8 Å². The zero-order valence-electron chi connectivity index (χ0n) is 15.1. The fraction of sp³-hybridized carbons (Fsp3) is 0.556. The zero-order chi connectivity index (χ0) is 19.4. The van der Waals surface area contributed by atoms with Crippen molar-refractivity contribution < 1.29 is 32.2 Å². The molecule has 8 nitrogen and oxygen atoms in total. The van der Waals surface area contributed by atoms with Gasteiger partial charge in [0, 0.05) is 12.1 Å². The first-order valence-electron chi connectivity index (χ1n) is 8.82. The SMILES string of the molecule is COc1ccc(OCC(=O)OCC(=O)N(C2CC2)[C@@H]2CCS(=O)(=O)C2)cc1. The van der Waals surface area contributed by atoms with Gasteiger partial charge in [0.1, 0.15) is 11.5 Å². The van der Waals surface area contributed by atoms with Crippen LogP contribution >= 0.6 is 0 Å². The van der Waals surface area contributed by atoms with E-state index in [9.17, 15) is 18.0 Å². The Morgan fingerprint density at radius 1 is 1.04 bits per heavy atom. The van der Waals surface area contributed by atoms with Gasteiger partial charge in [-0.15, -0.1) is 0 Å². The molecular formula is C18H23NO7S. The highest BCUT2D eigenvalue weighted by molar-refractivity contribution is 7.91. The van der Waals surface area contributed by atoms with Gasteiger partial charge in [0.15, 0.2) is 23.1 Å². The Bertz CT molecular complexity index is 786. The minimum absolute atomic E-state index is 0.0102. The minimum Gasteiger partial charge on any atom is -0.497 e. The normalized spacial score (nSPS) is 20.7. The molecule has 2 fully saturated rings. The second-order valence-electron chi connectivity index (χ2n) is 6.71. The number of ether oxygens (including phenoxy) is 3. The van der Waals surface area contributed by atoms with Crippen molar-refractivity contribution in [2.24, 2.45) is 0 Å². The fourth-order valence-electron chi connectivity index (χ4n) is 3.13. The van der Waals surface area contributed by atoms with Crippen LogP contribution < -0.4 is 9.47 Å². The average molecular weight is 397 g/mol. The molecule has 9 heteroatoms. The monoisotopic (exact) mass is 397 g/mol. The second kappa shape index (κ2) is 8.16. The summed E-state index contributed by atoms with van der Waals surface area (Å²) in [7, 11) is -1.53. The molecule has 27 heavy (non-hydrogen) atoms. The van der Waals surface area contributed by atoms with Gasteiger partial charge in [-0.25, -0.2) is 13.2 Å². The first-order valence-corrected chi connectivity index (χ1v) is 10.6. The predicted molar refractivity (Wildman–Crippen MR) is 96.4 cm³/mol. The quantitative estimate of drug-likeness (QED) is 0.598. The van der Waals surface area contributed by atoms with E-state index in [1.807, 2.05) is 0 Å². The van der Waals surface area contributed by atoms with Crippen LogP contribution in [0.4, 0.5) is 0 Å². The molecule has 1 aliphatic carbocycles. The largest absolute Gasteiger partial charge is 0.497 e. The lowest BCUT2D eigenvalue weighted by Gasteiger charge is -2.28. The van der Waals surface area contributed by atoms with Crippen LogP contribution in [0, 0.1) is 0 Å². The van der Waals surface area contributed by atoms with Crippen LogP contribution in [-0.4, -0.2) is 69.1 Å². The Morgan fingerprint density at radius 2 is 1.70 bits per heavy atom. The summed E-state index contributed by atoms with van der Waals surface area (Å²) in [5, 5.41) is 0. The maximum atomic E-state index is 12.5. The van der Waals surface area contributed by atoms with E-state index >= 15 is 0 Å². The summed E-state index contributed by atoms with van der Waals surface area (Å²) in [5.41, 5.74) is 0. The van der Waals surface area contributed by atoms with Crippen LogP contribution in [0.3, 0.4) is 0 Å². The van der Waals surface area contributed by atoms with Crippen molar-refractivity contribution in [3.05, 3.63) is 24.3 Å². The lowest BCUT2D eigenvalue weighted by atomic mass is 10.2. The maximum absolute atomic E-state index is 12.5. The molecule has 1 aromatic carbocycles. The Morgan fingerprint density at radius 3 is 2.26 bits per heavy atom. The van der Waals surface area contributed by atoms with E-state index in [4.69, 9.17) is 14.2 Å². The highest BCUT2D eigenvalue weighted by atomic mass is 32.2. The van der Waals surface area contributed by atoms with E-state index in [0.29, 0.717) is 17.9 Å². The number of amides is 1. The average Bonchev–Trinajstić information content (AvgIpc) is 3.41. The number of carbonyl (C=O) groups excluding carboxylic acids is 2. The van der Waals surface area contributed by atoms with Crippen LogP contribution in [0.25, 0.3) is 0 Å². The van der Waals surface area contributed by atoms with Gasteiger partial charge in [0.2, 0.25) is 0 Å². The number of benzene rings is 1. The molecule has 0 aromatic heterocycles. The van der Waals surface area contributed by atoms with E-state index < -0.39 is 22.4 Å². The first kappa shape index (κ1) is 19.5. The molecule has 2 aliphatic rings. The van der Waals surface area contributed by atoms with Crippen LogP contribution in [-0.2, 0) is 24.2 Å². The third-order valence-electron chi connectivity index (χ3n) is 4.60. The van der Waals surface area contributed by atoms with Gasteiger partial charge in [0.05, 0.1) is 18.6 Å². The van der Waals surface area contributed by atoms with E-state index in [1.54, 1.807) is 36.3 Å². The molecule has 1 aromatic rings. The number of carbonyl (C=O) groups is 2. The first-order chi connectivity index (χ1) is 12.9. The Hall–Kier alpha value is -2.29. The van der Waals surface area contributed by atoms with Crippen molar-refractivity contribution in [2.45, 2.75) is 31.3 Å². The van der Waals surface area contributed by atoms with Gasteiger partial charge < -0.3 is 19.1 Å². The van der Waals surface area contributed by atoms with Gasteiger partial charge in [-0.1, -0.05) is 0 Å². The number of hydrogen-bond acceptors (Lipinski definition) is 7. The highest BCUT2D eigenvalue weighted by Gasteiger charge is 2.42. The number of nitrogens with zero attached hydrogens (tertiary/aromatic N) is 1. The Balaban J connectivity index is 1.46. The van der Waals surface area contributed by atoms with Crippen LogP contribution in [0.1, 0.15) is 19.3 Å². The van der Waals surface area contributed by atoms with Crippen molar-refractivity contribution in [3.63, 3.8) is 0 Å². The van der Waals surface area contributed by atoms with Gasteiger partial charge >= 0.3 is 5.97 Å². The third-order valence-corrected chi connectivity index (χ3v) is 6.35. The van der Waals surface area contributed by atoms with E-state index in [-0.39, 0.29) is 36.1 Å². The molecule has 1 heterocycles. The van der Waals surface area contributed by atoms with Gasteiger partial charge in [-0.2, -0.15) is 0 Å². The smallest absolute Gasteiger partial charge is 0.344 e. The van der Waals surface area contributed by atoms with Crippen LogP contribution in [0.5, 0.6) is 11.5 Å². The molecule has 0 bridgehead atoms.